The van der Waals surface area contributed by atoms with Gasteiger partial charge in [0.1, 0.15) is 17.2 Å². The molecule has 0 aliphatic carbocycles. The number of methoxy groups -OCH3 is 2. The van der Waals surface area contributed by atoms with Crippen molar-refractivity contribution in [2.45, 2.75) is 20.0 Å². The summed E-state index contributed by atoms with van der Waals surface area (Å²) >= 11 is 0. The van der Waals surface area contributed by atoms with E-state index >= 15 is 0 Å². The van der Waals surface area contributed by atoms with Crippen LogP contribution in [-0.2, 0) is 0 Å². The van der Waals surface area contributed by atoms with Gasteiger partial charge >= 0.3 is 0 Å². The van der Waals surface area contributed by atoms with Crippen molar-refractivity contribution in [2.24, 2.45) is 0 Å². The molecule has 2 aromatic rings. The second kappa shape index (κ2) is 7.58. The van der Waals surface area contributed by atoms with Crippen LogP contribution in [0, 0.1) is 0 Å². The Bertz CT molecular complexity index is 693. The number of hydrogen-bond acceptors (Lipinski definition) is 4. The predicted octanol–water partition coefficient (Wildman–Crippen LogP) is 4.24. The lowest BCUT2D eigenvalue weighted by atomic mass is 10.1. The van der Waals surface area contributed by atoms with Crippen LogP contribution in [-0.4, -0.2) is 20.3 Å². The van der Waals surface area contributed by atoms with E-state index in [4.69, 9.17) is 19.9 Å². The second-order valence-electron chi connectivity index (χ2n) is 5.44. The molecule has 0 unspecified atom stereocenters. The number of nitrogen functional groups attached to an aromatic ring is 1. The average Bonchev–Trinajstić information content (AvgIpc) is 2.52. The van der Waals surface area contributed by atoms with Crippen molar-refractivity contribution < 1.29 is 14.2 Å². The highest BCUT2D eigenvalue weighted by molar-refractivity contribution is 5.73. The highest BCUT2D eigenvalue weighted by Gasteiger charge is 2.03. The molecule has 0 spiro atoms. The van der Waals surface area contributed by atoms with Gasteiger partial charge in [-0.3, -0.25) is 0 Å². The molecule has 0 aliphatic rings. The monoisotopic (exact) mass is 313 g/mol. The van der Waals surface area contributed by atoms with Crippen LogP contribution < -0.4 is 19.9 Å². The van der Waals surface area contributed by atoms with Crippen molar-refractivity contribution in [1.82, 2.24) is 0 Å². The van der Waals surface area contributed by atoms with Gasteiger partial charge in [0, 0.05) is 6.07 Å². The van der Waals surface area contributed by atoms with Gasteiger partial charge in [0.2, 0.25) is 0 Å². The van der Waals surface area contributed by atoms with Gasteiger partial charge in [-0.25, -0.2) is 0 Å². The number of benzene rings is 2. The smallest absolute Gasteiger partial charge is 0.141 e. The number of ether oxygens (including phenoxy) is 3. The van der Waals surface area contributed by atoms with Crippen LogP contribution in [0.1, 0.15) is 25.0 Å². The normalized spacial score (nSPS) is 11.0. The van der Waals surface area contributed by atoms with Crippen LogP contribution in [0.2, 0.25) is 0 Å². The lowest BCUT2D eigenvalue weighted by Gasteiger charge is -2.12. The van der Waals surface area contributed by atoms with Gasteiger partial charge in [-0.2, -0.15) is 0 Å². The van der Waals surface area contributed by atoms with Crippen molar-refractivity contribution in [1.29, 1.82) is 0 Å². The fourth-order valence-corrected chi connectivity index (χ4v) is 2.20. The van der Waals surface area contributed by atoms with Crippen molar-refractivity contribution in [2.75, 3.05) is 20.0 Å². The Morgan fingerprint density at radius 1 is 0.870 bits per heavy atom. The molecule has 0 fully saturated rings. The number of anilines is 1. The Hall–Kier alpha value is -2.62. The van der Waals surface area contributed by atoms with Crippen LogP contribution in [0.4, 0.5) is 5.69 Å². The van der Waals surface area contributed by atoms with Gasteiger partial charge in [0.05, 0.1) is 26.0 Å². The molecule has 0 saturated heterocycles. The topological polar surface area (TPSA) is 53.7 Å². The predicted molar refractivity (Wildman–Crippen MR) is 95.1 cm³/mol. The van der Waals surface area contributed by atoms with E-state index in [-0.39, 0.29) is 6.10 Å². The van der Waals surface area contributed by atoms with Crippen LogP contribution in [0.15, 0.2) is 36.4 Å². The summed E-state index contributed by atoms with van der Waals surface area (Å²) in [6.07, 6.45) is 4.10. The maximum absolute atomic E-state index is 5.93. The molecule has 2 rings (SSSR count). The minimum atomic E-state index is 0.111. The van der Waals surface area contributed by atoms with Crippen molar-refractivity contribution in [3.8, 4) is 17.2 Å². The molecule has 23 heavy (non-hydrogen) atoms. The minimum Gasteiger partial charge on any atom is -0.497 e. The van der Waals surface area contributed by atoms with Gasteiger partial charge in [-0.15, -0.1) is 0 Å². The molecule has 0 aromatic heterocycles. The summed E-state index contributed by atoms with van der Waals surface area (Å²) in [6.45, 7) is 3.99. The van der Waals surface area contributed by atoms with Gasteiger partial charge in [-0.1, -0.05) is 18.2 Å². The Kier molecular flexibility index (Phi) is 5.52. The van der Waals surface area contributed by atoms with E-state index < -0.39 is 0 Å². The van der Waals surface area contributed by atoms with Gasteiger partial charge in [0.25, 0.3) is 0 Å². The first-order valence-electron chi connectivity index (χ1n) is 7.49. The zero-order chi connectivity index (χ0) is 16.8. The Morgan fingerprint density at radius 3 is 2.17 bits per heavy atom. The van der Waals surface area contributed by atoms with Gasteiger partial charge < -0.3 is 19.9 Å². The third-order valence-corrected chi connectivity index (χ3v) is 3.23. The molecule has 4 heteroatoms. The molecule has 0 aliphatic heterocycles. The fourth-order valence-electron chi connectivity index (χ4n) is 2.20. The summed E-state index contributed by atoms with van der Waals surface area (Å²) in [5.41, 5.74) is 8.53. The van der Waals surface area contributed by atoms with Gasteiger partial charge in [-0.05, 0) is 49.2 Å². The van der Waals surface area contributed by atoms with E-state index in [1.54, 1.807) is 14.2 Å². The van der Waals surface area contributed by atoms with E-state index in [1.165, 1.54) is 0 Å². The molecule has 2 N–H and O–H groups in total. The molecule has 0 bridgehead atoms. The summed E-state index contributed by atoms with van der Waals surface area (Å²) < 4.78 is 16.2. The fraction of sp³-hybridized carbons (Fsp3) is 0.263. The van der Waals surface area contributed by atoms with E-state index in [9.17, 15) is 0 Å². The van der Waals surface area contributed by atoms with E-state index in [1.807, 2.05) is 62.4 Å². The molecule has 0 amide bonds. The van der Waals surface area contributed by atoms with Crippen LogP contribution in [0.25, 0.3) is 12.2 Å². The molecular weight excluding hydrogens is 290 g/mol. The summed E-state index contributed by atoms with van der Waals surface area (Å²) in [5, 5.41) is 0. The number of hydrogen-bond donors (Lipinski definition) is 1. The first-order valence-corrected chi connectivity index (χ1v) is 7.49. The quantitative estimate of drug-likeness (QED) is 0.640. The standard InChI is InChI=1S/C19H23NO3/c1-13(2)23-17-10-15(9-16(12-17)21-3)6-5-14-7-8-19(22-4)18(20)11-14/h5-13H,20H2,1-4H3/b6-5-. The summed E-state index contributed by atoms with van der Waals surface area (Å²) in [6, 6.07) is 11.5. The first-order chi connectivity index (χ1) is 11.0. The SMILES string of the molecule is COc1cc(/C=C\c2ccc(OC)c(N)c2)cc(OC(C)C)c1. The minimum absolute atomic E-state index is 0.111. The zero-order valence-electron chi connectivity index (χ0n) is 14.0. The number of nitrogens with two attached hydrogens (primary N) is 1. The van der Waals surface area contributed by atoms with Crippen molar-refractivity contribution >= 4 is 17.8 Å². The lowest BCUT2D eigenvalue weighted by Crippen LogP contribution is -2.05. The second-order valence-corrected chi connectivity index (χ2v) is 5.44. The van der Waals surface area contributed by atoms with E-state index in [0.29, 0.717) is 11.4 Å². The first kappa shape index (κ1) is 16.7. The Morgan fingerprint density at radius 2 is 1.57 bits per heavy atom. The maximum atomic E-state index is 5.93. The summed E-state index contributed by atoms with van der Waals surface area (Å²) in [4.78, 5) is 0. The zero-order valence-corrected chi connectivity index (χ0v) is 14.0. The van der Waals surface area contributed by atoms with Crippen LogP contribution >= 0.6 is 0 Å². The lowest BCUT2D eigenvalue weighted by molar-refractivity contribution is 0.241. The van der Waals surface area contributed by atoms with Crippen LogP contribution in [0.3, 0.4) is 0 Å². The van der Waals surface area contributed by atoms with E-state index in [2.05, 4.69) is 0 Å². The van der Waals surface area contributed by atoms with E-state index in [0.717, 1.165) is 22.6 Å². The molecule has 0 atom stereocenters. The number of rotatable bonds is 6. The Balaban J connectivity index is 2.25. The molecule has 2 aromatic carbocycles. The third-order valence-electron chi connectivity index (χ3n) is 3.23. The van der Waals surface area contributed by atoms with Crippen molar-refractivity contribution in [3.63, 3.8) is 0 Å². The highest BCUT2D eigenvalue weighted by atomic mass is 16.5. The average molecular weight is 313 g/mol. The van der Waals surface area contributed by atoms with Gasteiger partial charge in [0.15, 0.2) is 0 Å². The molecule has 0 heterocycles. The van der Waals surface area contributed by atoms with Crippen molar-refractivity contribution in [3.05, 3.63) is 47.5 Å². The third kappa shape index (κ3) is 4.68. The maximum Gasteiger partial charge on any atom is 0.141 e. The molecular formula is C19H23NO3. The molecule has 0 radical (unpaired) electrons. The highest BCUT2D eigenvalue weighted by Crippen LogP contribution is 2.26. The largest absolute Gasteiger partial charge is 0.497 e. The molecule has 122 valence electrons. The molecule has 0 saturated carbocycles. The summed E-state index contributed by atoms with van der Waals surface area (Å²) in [7, 11) is 3.25. The van der Waals surface area contributed by atoms with Crippen LogP contribution in [0.5, 0.6) is 17.2 Å². The summed E-state index contributed by atoms with van der Waals surface area (Å²) in [5.74, 6) is 2.22. The molecule has 4 nitrogen and oxygen atoms in total. The Labute approximate surface area is 137 Å².